The molecule has 0 atom stereocenters. The van der Waals surface area contributed by atoms with Crippen molar-refractivity contribution in [1.29, 1.82) is 0 Å². The van der Waals surface area contributed by atoms with Gasteiger partial charge in [-0.05, 0) is 12.5 Å². The Morgan fingerprint density at radius 1 is 1.67 bits per heavy atom. The summed E-state index contributed by atoms with van der Waals surface area (Å²) >= 11 is 0. The number of aryl methyl sites for hydroxylation is 1. The molecule has 0 radical (unpaired) electrons. The number of ether oxygens (including phenoxy) is 1. The molecule has 6 heteroatoms. The number of rotatable bonds is 3. The Morgan fingerprint density at radius 2 is 2.33 bits per heavy atom. The maximum absolute atomic E-state index is 11.0. The molecule has 1 aromatic heterocycles. The van der Waals surface area contributed by atoms with Crippen LogP contribution >= 0.6 is 0 Å². The van der Waals surface area contributed by atoms with E-state index in [0.717, 1.165) is 0 Å². The van der Waals surface area contributed by atoms with E-state index < -0.39 is 10.9 Å². The van der Waals surface area contributed by atoms with Crippen molar-refractivity contribution in [1.82, 2.24) is 4.98 Å². The van der Waals surface area contributed by atoms with Gasteiger partial charge in [0.1, 0.15) is 5.69 Å². The Labute approximate surface area is 86.0 Å². The molecule has 1 heterocycles. The molecule has 1 aromatic rings. The number of nitrogens with zero attached hydrogens (tertiary/aromatic N) is 2. The molecule has 0 N–H and O–H groups in total. The summed E-state index contributed by atoms with van der Waals surface area (Å²) < 4.78 is 4.42. The summed E-state index contributed by atoms with van der Waals surface area (Å²) in [5.74, 6) is -0.547. The maximum atomic E-state index is 11.0. The summed E-state index contributed by atoms with van der Waals surface area (Å²) in [7, 11) is 1.22. The molecule has 0 amide bonds. The van der Waals surface area contributed by atoms with E-state index in [0.29, 0.717) is 5.56 Å². The first-order chi connectivity index (χ1) is 7.04. The van der Waals surface area contributed by atoms with Gasteiger partial charge in [0, 0.05) is 12.3 Å². The summed E-state index contributed by atoms with van der Waals surface area (Å²) in [5, 5.41) is 10.7. The molecule has 0 saturated carbocycles. The summed E-state index contributed by atoms with van der Waals surface area (Å²) in [6, 6.07) is 1.38. The number of hydrogen-bond donors (Lipinski definition) is 0. The first-order valence-corrected chi connectivity index (χ1v) is 4.21. The van der Waals surface area contributed by atoms with Crippen LogP contribution in [0.1, 0.15) is 11.3 Å². The van der Waals surface area contributed by atoms with Gasteiger partial charge in [-0.2, -0.15) is 0 Å². The van der Waals surface area contributed by atoms with Crippen LogP contribution in [0.25, 0.3) is 0 Å². The molecule has 1 rings (SSSR count). The number of carbonyl (C=O) groups excluding carboxylic acids is 1. The lowest BCUT2D eigenvalue weighted by Gasteiger charge is -2.01. The standard InChI is InChI=1S/C9H10N2O4/c1-6-3-8(11(13)14)7(10-5-6)4-9(12)15-2/h3,5H,4H2,1-2H3. The fourth-order valence-corrected chi connectivity index (χ4v) is 1.09. The van der Waals surface area contributed by atoms with Crippen LogP contribution in [0.5, 0.6) is 0 Å². The molecule has 0 spiro atoms. The second-order valence-electron chi connectivity index (χ2n) is 2.99. The first-order valence-electron chi connectivity index (χ1n) is 4.21. The SMILES string of the molecule is COC(=O)Cc1ncc(C)cc1[N+](=O)[O-]. The third-order valence-corrected chi connectivity index (χ3v) is 1.82. The van der Waals surface area contributed by atoms with Gasteiger partial charge >= 0.3 is 5.97 Å². The molecular formula is C9H10N2O4. The minimum Gasteiger partial charge on any atom is -0.469 e. The number of methoxy groups -OCH3 is 1. The van der Waals surface area contributed by atoms with E-state index in [2.05, 4.69) is 9.72 Å². The fraction of sp³-hybridized carbons (Fsp3) is 0.333. The zero-order valence-electron chi connectivity index (χ0n) is 8.39. The van der Waals surface area contributed by atoms with E-state index in [1.54, 1.807) is 6.92 Å². The van der Waals surface area contributed by atoms with Gasteiger partial charge in [0.05, 0.1) is 18.5 Å². The largest absolute Gasteiger partial charge is 0.469 e. The molecule has 15 heavy (non-hydrogen) atoms. The van der Waals surface area contributed by atoms with Gasteiger partial charge in [0.15, 0.2) is 0 Å². The number of nitro groups is 1. The van der Waals surface area contributed by atoms with Crippen molar-refractivity contribution in [2.24, 2.45) is 0 Å². The van der Waals surface area contributed by atoms with Crippen LogP contribution in [-0.4, -0.2) is 23.0 Å². The lowest BCUT2D eigenvalue weighted by molar-refractivity contribution is -0.385. The molecule has 0 aliphatic heterocycles. The molecule has 0 aliphatic carbocycles. The average molecular weight is 210 g/mol. The Bertz CT molecular complexity index is 403. The van der Waals surface area contributed by atoms with E-state index in [1.807, 2.05) is 0 Å². The highest BCUT2D eigenvalue weighted by Gasteiger charge is 2.18. The second-order valence-corrected chi connectivity index (χ2v) is 2.99. The summed E-state index contributed by atoms with van der Waals surface area (Å²) in [5.41, 5.74) is 0.646. The molecule has 6 nitrogen and oxygen atoms in total. The number of carbonyl (C=O) groups is 1. The summed E-state index contributed by atoms with van der Waals surface area (Å²) in [4.78, 5) is 24.9. The predicted molar refractivity (Wildman–Crippen MR) is 51.3 cm³/mol. The second kappa shape index (κ2) is 4.50. The maximum Gasteiger partial charge on any atom is 0.311 e. The minimum atomic E-state index is -0.557. The Morgan fingerprint density at radius 3 is 2.87 bits per heavy atom. The quantitative estimate of drug-likeness (QED) is 0.422. The molecule has 0 saturated heterocycles. The zero-order chi connectivity index (χ0) is 11.4. The first kappa shape index (κ1) is 11.1. The van der Waals surface area contributed by atoms with Crippen molar-refractivity contribution in [2.75, 3.05) is 7.11 Å². The monoisotopic (exact) mass is 210 g/mol. The van der Waals surface area contributed by atoms with Crippen LogP contribution in [-0.2, 0) is 16.0 Å². The van der Waals surface area contributed by atoms with Gasteiger partial charge in [-0.3, -0.25) is 19.9 Å². The van der Waals surface area contributed by atoms with Crippen molar-refractivity contribution < 1.29 is 14.5 Å². The van der Waals surface area contributed by atoms with Gasteiger partial charge in [0.2, 0.25) is 0 Å². The third-order valence-electron chi connectivity index (χ3n) is 1.82. The Kier molecular flexibility index (Phi) is 3.33. The van der Waals surface area contributed by atoms with E-state index >= 15 is 0 Å². The Hall–Kier alpha value is -1.98. The molecule has 0 aromatic carbocycles. The van der Waals surface area contributed by atoms with Crippen LogP contribution in [0.3, 0.4) is 0 Å². The fourth-order valence-electron chi connectivity index (χ4n) is 1.09. The van der Waals surface area contributed by atoms with Crippen molar-refractivity contribution in [2.45, 2.75) is 13.3 Å². The zero-order valence-corrected chi connectivity index (χ0v) is 8.39. The van der Waals surface area contributed by atoms with Crippen LogP contribution < -0.4 is 0 Å². The van der Waals surface area contributed by atoms with E-state index in [-0.39, 0.29) is 17.8 Å². The molecule has 0 bridgehead atoms. The summed E-state index contributed by atoms with van der Waals surface area (Å²) in [6.45, 7) is 1.70. The van der Waals surface area contributed by atoms with Crippen molar-refractivity contribution in [3.05, 3.63) is 33.6 Å². The molecule has 0 unspecified atom stereocenters. The topological polar surface area (TPSA) is 82.3 Å². The normalized spacial score (nSPS) is 9.73. The smallest absolute Gasteiger partial charge is 0.311 e. The van der Waals surface area contributed by atoms with Crippen LogP contribution in [0.4, 0.5) is 5.69 Å². The predicted octanol–water partition coefficient (Wildman–Crippen LogP) is 1.01. The van der Waals surface area contributed by atoms with Gasteiger partial charge < -0.3 is 4.74 Å². The molecular weight excluding hydrogens is 200 g/mol. The summed E-state index contributed by atoms with van der Waals surface area (Å²) in [6.07, 6.45) is 1.29. The highest BCUT2D eigenvalue weighted by Crippen LogP contribution is 2.18. The van der Waals surface area contributed by atoms with Crippen molar-refractivity contribution >= 4 is 11.7 Å². The van der Waals surface area contributed by atoms with E-state index in [1.165, 1.54) is 19.4 Å². The molecule has 0 fully saturated rings. The van der Waals surface area contributed by atoms with Gasteiger partial charge in [0.25, 0.3) is 5.69 Å². The van der Waals surface area contributed by atoms with Crippen molar-refractivity contribution in [3.63, 3.8) is 0 Å². The van der Waals surface area contributed by atoms with Gasteiger partial charge in [-0.1, -0.05) is 0 Å². The Balaban J connectivity index is 3.06. The highest BCUT2D eigenvalue weighted by atomic mass is 16.6. The number of esters is 1. The number of aromatic nitrogens is 1. The third kappa shape index (κ3) is 2.73. The molecule has 80 valence electrons. The van der Waals surface area contributed by atoms with Crippen molar-refractivity contribution in [3.8, 4) is 0 Å². The number of pyridine rings is 1. The van der Waals surface area contributed by atoms with E-state index in [9.17, 15) is 14.9 Å². The van der Waals surface area contributed by atoms with Gasteiger partial charge in [-0.25, -0.2) is 0 Å². The van der Waals surface area contributed by atoms with Crippen LogP contribution in [0.15, 0.2) is 12.3 Å². The minimum absolute atomic E-state index is 0.123. The lowest BCUT2D eigenvalue weighted by Crippen LogP contribution is -2.08. The lowest BCUT2D eigenvalue weighted by atomic mass is 10.2. The van der Waals surface area contributed by atoms with Crippen LogP contribution in [0, 0.1) is 17.0 Å². The highest BCUT2D eigenvalue weighted by molar-refractivity contribution is 5.73. The van der Waals surface area contributed by atoms with E-state index in [4.69, 9.17) is 0 Å². The molecule has 0 aliphatic rings. The van der Waals surface area contributed by atoms with Gasteiger partial charge in [-0.15, -0.1) is 0 Å². The average Bonchev–Trinajstić information content (AvgIpc) is 2.20. The van der Waals surface area contributed by atoms with Crippen LogP contribution in [0.2, 0.25) is 0 Å². The number of hydrogen-bond acceptors (Lipinski definition) is 5.